The van der Waals surface area contributed by atoms with Crippen LogP contribution in [0.3, 0.4) is 0 Å². The summed E-state index contributed by atoms with van der Waals surface area (Å²) < 4.78 is 0. The number of amides is 1. The summed E-state index contributed by atoms with van der Waals surface area (Å²) in [6.07, 6.45) is 1.81. The number of nitro groups is 1. The topological polar surface area (TPSA) is 72.2 Å². The number of rotatable bonds is 4. The van der Waals surface area contributed by atoms with Crippen LogP contribution in [0.4, 0.5) is 5.69 Å². The fraction of sp³-hybridized carbons (Fsp3) is 0.417. The van der Waals surface area contributed by atoms with Crippen molar-refractivity contribution in [3.8, 4) is 0 Å². The Morgan fingerprint density at radius 3 is 2.72 bits per heavy atom. The molecule has 0 aliphatic heterocycles. The van der Waals surface area contributed by atoms with Gasteiger partial charge in [0.15, 0.2) is 0 Å². The van der Waals surface area contributed by atoms with Crippen molar-refractivity contribution >= 4 is 27.5 Å². The molecule has 0 aromatic heterocycles. The van der Waals surface area contributed by atoms with Gasteiger partial charge in [0, 0.05) is 11.4 Å². The average Bonchev–Trinajstić information content (AvgIpc) is 3.09. The first kappa shape index (κ1) is 13.0. The van der Waals surface area contributed by atoms with Crippen LogP contribution in [0.5, 0.6) is 0 Å². The minimum absolute atomic E-state index is 0.132. The molecule has 1 amide bonds. The molecule has 6 heteroatoms. The van der Waals surface area contributed by atoms with Crippen LogP contribution in [0, 0.1) is 17.0 Å². The van der Waals surface area contributed by atoms with Gasteiger partial charge in [0.25, 0.3) is 11.6 Å². The summed E-state index contributed by atoms with van der Waals surface area (Å²) >= 11 is 3.35. The van der Waals surface area contributed by atoms with Crippen LogP contribution < -0.4 is 5.32 Å². The molecular formula is C12H13BrN2O3. The lowest BCUT2D eigenvalue weighted by Gasteiger charge is -2.14. The van der Waals surface area contributed by atoms with Crippen LogP contribution in [0.15, 0.2) is 18.2 Å². The molecule has 1 aromatic carbocycles. The molecule has 1 fully saturated rings. The Kier molecular flexibility index (Phi) is 3.38. The molecule has 1 aromatic rings. The summed E-state index contributed by atoms with van der Waals surface area (Å²) in [4.78, 5) is 22.5. The van der Waals surface area contributed by atoms with Crippen LogP contribution in [-0.4, -0.2) is 21.7 Å². The zero-order valence-electron chi connectivity index (χ0n) is 9.90. The number of aryl methyl sites for hydroxylation is 1. The van der Waals surface area contributed by atoms with Crippen molar-refractivity contribution < 1.29 is 9.72 Å². The van der Waals surface area contributed by atoms with Gasteiger partial charge in [-0.3, -0.25) is 14.9 Å². The Hall–Kier alpha value is -1.43. The second-order valence-corrected chi connectivity index (χ2v) is 5.21. The van der Waals surface area contributed by atoms with E-state index in [1.54, 1.807) is 19.1 Å². The fourth-order valence-corrected chi connectivity index (χ4v) is 2.44. The maximum absolute atomic E-state index is 12.1. The zero-order valence-corrected chi connectivity index (χ0v) is 11.5. The number of hydrogen-bond donors (Lipinski definition) is 1. The standard InChI is InChI=1S/C12H13BrN2O3/c1-8-2-3-10(15(17)18)9(6-8)11(16)14-12(7-13)4-5-12/h2-3,6H,4-5,7H2,1H3,(H,14,16). The van der Waals surface area contributed by atoms with Gasteiger partial charge in [0.1, 0.15) is 5.56 Å². The quantitative estimate of drug-likeness (QED) is 0.527. The third kappa shape index (κ3) is 2.53. The second-order valence-electron chi connectivity index (χ2n) is 4.65. The van der Waals surface area contributed by atoms with E-state index in [2.05, 4.69) is 21.2 Å². The number of benzene rings is 1. The van der Waals surface area contributed by atoms with E-state index in [-0.39, 0.29) is 22.7 Å². The summed E-state index contributed by atoms with van der Waals surface area (Å²) in [6, 6.07) is 4.56. The highest BCUT2D eigenvalue weighted by molar-refractivity contribution is 9.09. The van der Waals surface area contributed by atoms with E-state index in [9.17, 15) is 14.9 Å². The molecule has 1 aliphatic rings. The second kappa shape index (κ2) is 4.68. The predicted octanol–water partition coefficient (Wildman–Crippen LogP) is 2.56. The van der Waals surface area contributed by atoms with Crippen LogP contribution >= 0.6 is 15.9 Å². The molecule has 0 atom stereocenters. The summed E-state index contributed by atoms with van der Waals surface area (Å²) in [5.41, 5.74) is 0.597. The SMILES string of the molecule is Cc1ccc([N+](=O)[O-])c(C(=O)NC2(CBr)CC2)c1. The number of nitro benzene ring substituents is 1. The highest BCUT2D eigenvalue weighted by atomic mass is 79.9. The Bertz CT molecular complexity index is 512. The Labute approximate surface area is 113 Å². The van der Waals surface area contributed by atoms with Gasteiger partial charge in [0.2, 0.25) is 0 Å². The van der Waals surface area contributed by atoms with Crippen LogP contribution in [0.2, 0.25) is 0 Å². The molecule has 1 aliphatic carbocycles. The molecule has 1 saturated carbocycles. The molecule has 5 nitrogen and oxygen atoms in total. The first-order chi connectivity index (χ1) is 8.47. The van der Waals surface area contributed by atoms with Crippen molar-refractivity contribution in [2.24, 2.45) is 0 Å². The maximum atomic E-state index is 12.1. The monoisotopic (exact) mass is 312 g/mol. The summed E-state index contributed by atoms with van der Waals surface area (Å²) in [5, 5.41) is 14.4. The molecule has 96 valence electrons. The van der Waals surface area contributed by atoms with Crippen molar-refractivity contribution in [2.75, 3.05) is 5.33 Å². The Morgan fingerprint density at radius 2 is 2.22 bits per heavy atom. The van der Waals surface area contributed by atoms with Gasteiger partial charge in [-0.25, -0.2) is 0 Å². The Balaban J connectivity index is 2.29. The smallest absolute Gasteiger partial charge is 0.282 e. The maximum Gasteiger partial charge on any atom is 0.282 e. The number of carbonyl (C=O) groups excluding carboxylic acids is 1. The van der Waals surface area contributed by atoms with Gasteiger partial charge in [-0.1, -0.05) is 22.0 Å². The summed E-state index contributed by atoms with van der Waals surface area (Å²) in [5.74, 6) is -0.373. The van der Waals surface area contributed by atoms with Gasteiger partial charge in [0.05, 0.1) is 10.5 Å². The molecular weight excluding hydrogens is 300 g/mol. The van der Waals surface area contributed by atoms with Gasteiger partial charge >= 0.3 is 0 Å². The third-order valence-electron chi connectivity index (χ3n) is 3.08. The number of halogens is 1. The number of nitrogens with zero attached hydrogens (tertiary/aromatic N) is 1. The zero-order chi connectivity index (χ0) is 13.3. The largest absolute Gasteiger partial charge is 0.346 e. The molecule has 18 heavy (non-hydrogen) atoms. The summed E-state index contributed by atoms with van der Waals surface area (Å²) in [6.45, 7) is 1.80. The van der Waals surface area contributed by atoms with E-state index in [0.29, 0.717) is 5.33 Å². The molecule has 2 rings (SSSR count). The normalized spacial score (nSPS) is 16.1. The van der Waals surface area contributed by atoms with E-state index >= 15 is 0 Å². The van der Waals surface area contributed by atoms with E-state index in [0.717, 1.165) is 18.4 Å². The fourth-order valence-electron chi connectivity index (χ4n) is 1.74. The van der Waals surface area contributed by atoms with E-state index in [1.165, 1.54) is 6.07 Å². The van der Waals surface area contributed by atoms with Crippen LogP contribution in [0.25, 0.3) is 0 Å². The van der Waals surface area contributed by atoms with E-state index in [4.69, 9.17) is 0 Å². The van der Waals surface area contributed by atoms with Crippen LogP contribution in [0.1, 0.15) is 28.8 Å². The molecule has 0 radical (unpaired) electrons. The molecule has 0 spiro atoms. The van der Waals surface area contributed by atoms with Crippen molar-refractivity contribution in [1.82, 2.24) is 5.32 Å². The van der Waals surface area contributed by atoms with E-state index in [1.807, 2.05) is 0 Å². The molecule has 1 N–H and O–H groups in total. The Morgan fingerprint density at radius 1 is 1.56 bits per heavy atom. The van der Waals surface area contributed by atoms with Crippen molar-refractivity contribution in [2.45, 2.75) is 25.3 Å². The lowest BCUT2D eigenvalue weighted by molar-refractivity contribution is -0.385. The minimum atomic E-state index is -0.526. The number of nitrogens with one attached hydrogen (secondary N) is 1. The van der Waals surface area contributed by atoms with Crippen molar-refractivity contribution in [3.63, 3.8) is 0 Å². The lowest BCUT2D eigenvalue weighted by atomic mass is 10.1. The third-order valence-corrected chi connectivity index (χ3v) is 4.15. The number of hydrogen-bond acceptors (Lipinski definition) is 3. The van der Waals surface area contributed by atoms with Gasteiger partial charge < -0.3 is 5.32 Å². The minimum Gasteiger partial charge on any atom is -0.346 e. The predicted molar refractivity (Wildman–Crippen MR) is 71.1 cm³/mol. The van der Waals surface area contributed by atoms with Crippen molar-refractivity contribution in [3.05, 3.63) is 39.4 Å². The van der Waals surface area contributed by atoms with Gasteiger partial charge in [-0.05, 0) is 31.4 Å². The number of carbonyl (C=O) groups is 1. The lowest BCUT2D eigenvalue weighted by Crippen LogP contribution is -2.38. The van der Waals surface area contributed by atoms with Crippen molar-refractivity contribution in [1.29, 1.82) is 0 Å². The molecule has 0 bridgehead atoms. The highest BCUT2D eigenvalue weighted by Gasteiger charge is 2.43. The first-order valence-electron chi connectivity index (χ1n) is 5.61. The van der Waals surface area contributed by atoms with E-state index < -0.39 is 4.92 Å². The van der Waals surface area contributed by atoms with Gasteiger partial charge in [-0.2, -0.15) is 0 Å². The van der Waals surface area contributed by atoms with Gasteiger partial charge in [-0.15, -0.1) is 0 Å². The first-order valence-corrected chi connectivity index (χ1v) is 6.73. The van der Waals surface area contributed by atoms with Crippen LogP contribution in [-0.2, 0) is 0 Å². The summed E-state index contributed by atoms with van der Waals surface area (Å²) in [7, 11) is 0. The molecule has 0 saturated heterocycles. The molecule has 0 heterocycles. The number of alkyl halides is 1. The molecule has 0 unspecified atom stereocenters. The average molecular weight is 313 g/mol. The highest BCUT2D eigenvalue weighted by Crippen LogP contribution is 2.37.